The van der Waals surface area contributed by atoms with Crippen LogP contribution in [0.4, 0.5) is 27.8 Å². The number of hydrogen-bond donors (Lipinski definition) is 2. The van der Waals surface area contributed by atoms with Crippen LogP contribution in [-0.4, -0.2) is 83.0 Å². The first kappa shape index (κ1) is 34.6. The van der Waals surface area contributed by atoms with Crippen LogP contribution in [0.2, 0.25) is 0 Å². The Morgan fingerprint density at radius 3 is 2.42 bits per heavy atom. The molecule has 5 fully saturated rings. The third-order valence-electron chi connectivity index (χ3n) is 12.5. The van der Waals surface area contributed by atoms with E-state index in [9.17, 15) is 18.3 Å². The van der Waals surface area contributed by atoms with Crippen LogP contribution in [0.3, 0.4) is 0 Å². The second kappa shape index (κ2) is 13.0. The van der Waals surface area contributed by atoms with Crippen molar-refractivity contribution in [3.63, 3.8) is 0 Å². The van der Waals surface area contributed by atoms with Gasteiger partial charge in [0, 0.05) is 72.0 Å². The number of nitrogens with one attached hydrogen (secondary N) is 1. The SMILES string of the molecule is C#Cc1c(F)ccc2c1C(c1c(SC(F)(F)F)cc3c(N4CC5CCC(C4)N5)nc(OCC4(CN5C[C@H]6CCC[C@H]6C5)CC4)nc3c1F)C[C@H](O)C2. The molecular weight excluding hydrogens is 698 g/mol. The summed E-state index contributed by atoms with van der Waals surface area (Å²) in [5.41, 5.74) is -4.73. The summed E-state index contributed by atoms with van der Waals surface area (Å²) in [6.45, 7) is 4.63. The van der Waals surface area contributed by atoms with E-state index in [0.717, 1.165) is 57.2 Å². The minimum absolute atomic E-state index is 0.0153. The fourth-order valence-corrected chi connectivity index (χ4v) is 10.8. The highest BCUT2D eigenvalue weighted by atomic mass is 32.2. The molecule has 3 aliphatic heterocycles. The highest BCUT2D eigenvalue weighted by Gasteiger charge is 2.48. The zero-order valence-corrected chi connectivity index (χ0v) is 29.6. The Morgan fingerprint density at radius 1 is 1.02 bits per heavy atom. The van der Waals surface area contributed by atoms with Gasteiger partial charge in [0.05, 0.1) is 18.3 Å². The van der Waals surface area contributed by atoms with Gasteiger partial charge < -0.3 is 25.0 Å². The van der Waals surface area contributed by atoms with Crippen LogP contribution in [0, 0.1) is 41.2 Å². The van der Waals surface area contributed by atoms with Crippen molar-refractivity contribution >= 4 is 28.5 Å². The van der Waals surface area contributed by atoms with E-state index >= 15 is 8.78 Å². The maximum atomic E-state index is 17.4. The summed E-state index contributed by atoms with van der Waals surface area (Å²) in [6, 6.07) is 4.29. The van der Waals surface area contributed by atoms with Gasteiger partial charge in [-0.2, -0.15) is 23.1 Å². The second-order valence-electron chi connectivity index (χ2n) is 16.1. The third kappa shape index (κ3) is 6.41. The zero-order chi connectivity index (χ0) is 35.9. The van der Waals surface area contributed by atoms with Crippen molar-refractivity contribution in [1.82, 2.24) is 20.2 Å². The van der Waals surface area contributed by atoms with E-state index in [1.807, 2.05) is 4.90 Å². The largest absolute Gasteiger partial charge is 0.463 e. The van der Waals surface area contributed by atoms with Gasteiger partial charge in [0.1, 0.15) is 17.2 Å². The number of hydrogen-bond acceptors (Lipinski definition) is 8. The lowest BCUT2D eigenvalue weighted by molar-refractivity contribution is -0.0328. The van der Waals surface area contributed by atoms with Crippen LogP contribution < -0.4 is 15.0 Å². The average Bonchev–Trinajstić information content (AvgIpc) is 3.33. The number of aromatic nitrogens is 2. The number of nitrogens with zero attached hydrogens (tertiary/aromatic N) is 4. The first-order valence-corrected chi connectivity index (χ1v) is 19.4. The van der Waals surface area contributed by atoms with Gasteiger partial charge in [0.2, 0.25) is 0 Å². The Balaban J connectivity index is 1.14. The van der Waals surface area contributed by atoms with Crippen LogP contribution in [-0.2, 0) is 6.42 Å². The van der Waals surface area contributed by atoms with Crippen LogP contribution in [0.1, 0.15) is 79.5 Å². The molecule has 4 heterocycles. The molecule has 0 spiro atoms. The maximum Gasteiger partial charge on any atom is 0.446 e. The minimum atomic E-state index is -4.77. The molecule has 3 aromatic rings. The lowest BCUT2D eigenvalue weighted by Crippen LogP contribution is -2.51. The number of fused-ring (bicyclic) bond motifs is 5. The molecule has 2 N–H and O–H groups in total. The second-order valence-corrected chi connectivity index (χ2v) is 17.2. The predicted octanol–water partition coefficient (Wildman–Crippen LogP) is 6.77. The topological polar surface area (TPSA) is 73.8 Å². The van der Waals surface area contributed by atoms with Gasteiger partial charge in [-0.1, -0.05) is 18.4 Å². The molecular formula is C39H42F5N5O2S. The summed E-state index contributed by atoms with van der Waals surface area (Å²) in [7, 11) is 0. The summed E-state index contributed by atoms with van der Waals surface area (Å²) in [6.07, 6.45) is 12.6. The van der Waals surface area contributed by atoms with E-state index in [1.165, 1.54) is 37.5 Å². The number of benzene rings is 2. The number of likely N-dealkylation sites (tertiary alicyclic amines) is 1. The summed E-state index contributed by atoms with van der Waals surface area (Å²) in [5.74, 6) is 1.38. The van der Waals surface area contributed by atoms with Crippen LogP contribution in [0.15, 0.2) is 23.1 Å². The smallest absolute Gasteiger partial charge is 0.446 e. The van der Waals surface area contributed by atoms with Gasteiger partial charge in [-0.3, -0.25) is 0 Å². The number of terminal acetylenes is 1. The molecule has 276 valence electrons. The van der Waals surface area contributed by atoms with Crippen molar-refractivity contribution < 1.29 is 31.8 Å². The van der Waals surface area contributed by atoms with E-state index in [0.29, 0.717) is 31.1 Å². The monoisotopic (exact) mass is 739 g/mol. The van der Waals surface area contributed by atoms with Crippen molar-refractivity contribution in [2.24, 2.45) is 17.3 Å². The Hall–Kier alpha value is -3.18. The van der Waals surface area contributed by atoms with E-state index in [2.05, 4.69) is 21.1 Å². The van der Waals surface area contributed by atoms with E-state index in [1.54, 1.807) is 0 Å². The van der Waals surface area contributed by atoms with Crippen LogP contribution in [0.5, 0.6) is 6.01 Å². The summed E-state index contributed by atoms with van der Waals surface area (Å²) in [4.78, 5) is 13.6. The Morgan fingerprint density at radius 2 is 1.75 bits per heavy atom. The lowest BCUT2D eigenvalue weighted by atomic mass is 9.75. The normalized spacial score (nSPS) is 29.3. The molecule has 1 aromatic heterocycles. The lowest BCUT2D eigenvalue weighted by Gasteiger charge is -2.35. The molecule has 0 amide bonds. The highest BCUT2D eigenvalue weighted by molar-refractivity contribution is 8.00. The average molecular weight is 740 g/mol. The van der Waals surface area contributed by atoms with Crippen molar-refractivity contribution in [3.05, 3.63) is 52.1 Å². The van der Waals surface area contributed by atoms with Crippen LogP contribution >= 0.6 is 11.8 Å². The van der Waals surface area contributed by atoms with E-state index in [-0.39, 0.29) is 63.9 Å². The predicted molar refractivity (Wildman–Crippen MR) is 189 cm³/mol. The van der Waals surface area contributed by atoms with Gasteiger partial charge in [-0.05, 0) is 98.2 Å². The maximum absolute atomic E-state index is 17.4. The molecule has 2 bridgehead atoms. The summed E-state index contributed by atoms with van der Waals surface area (Å²) < 4.78 is 81.8. The Bertz CT molecular complexity index is 1930. The molecule has 6 atom stereocenters. The number of aliphatic hydroxyl groups is 1. The molecule has 52 heavy (non-hydrogen) atoms. The van der Waals surface area contributed by atoms with Crippen molar-refractivity contribution in [2.75, 3.05) is 44.2 Å². The quantitative estimate of drug-likeness (QED) is 0.149. The minimum Gasteiger partial charge on any atom is -0.463 e. The molecule has 7 nitrogen and oxygen atoms in total. The number of rotatable bonds is 8. The van der Waals surface area contributed by atoms with E-state index < -0.39 is 45.8 Å². The first-order valence-electron chi connectivity index (χ1n) is 18.6. The number of anilines is 1. The number of ether oxygens (including phenoxy) is 1. The standard InChI is InChI=1S/C39H42F5N5O2S/c1-2-27-30(40)9-6-21-12-26(50)13-28(32(21)27)33-31(52-39(42,43)44)14-29-35(34(33)41)46-37(47-36(29)49-17-24-7-8-25(18-49)45-24)51-20-38(10-11-38)19-48-15-22-4-3-5-23(22)16-48/h1,6,9,14,22-26,28,45,50H,3-5,7-8,10-13,15-20H2/t22-,23+,24?,25?,26-,28?/m1/s1. The Labute approximate surface area is 304 Å². The molecule has 3 aliphatic carbocycles. The molecule has 3 unspecified atom stereocenters. The molecule has 0 radical (unpaired) electrons. The fraction of sp³-hybridized carbons (Fsp3) is 0.590. The zero-order valence-electron chi connectivity index (χ0n) is 28.8. The number of aliphatic hydroxyl groups excluding tert-OH is 1. The molecule has 6 aliphatic rings. The van der Waals surface area contributed by atoms with Gasteiger partial charge in [0.15, 0.2) is 5.82 Å². The summed E-state index contributed by atoms with van der Waals surface area (Å²) in [5, 5.41) is 14.6. The number of halogens is 5. The van der Waals surface area contributed by atoms with Gasteiger partial charge in [0.25, 0.3) is 0 Å². The highest BCUT2D eigenvalue weighted by Crippen LogP contribution is 2.51. The van der Waals surface area contributed by atoms with Crippen molar-refractivity contribution in [1.29, 1.82) is 0 Å². The van der Waals surface area contributed by atoms with Gasteiger partial charge >= 0.3 is 11.5 Å². The molecule has 13 heteroatoms. The van der Waals surface area contributed by atoms with Gasteiger partial charge in [-0.15, -0.1) is 6.42 Å². The Kier molecular flexibility index (Phi) is 8.64. The fourth-order valence-electron chi connectivity index (χ4n) is 10.0. The molecule has 2 aromatic carbocycles. The molecule has 2 saturated carbocycles. The number of thioether (sulfide) groups is 1. The molecule has 3 saturated heterocycles. The van der Waals surface area contributed by atoms with Crippen molar-refractivity contribution in [2.45, 2.75) is 92.3 Å². The summed E-state index contributed by atoms with van der Waals surface area (Å²) >= 11 is -0.430. The van der Waals surface area contributed by atoms with Gasteiger partial charge in [-0.25, -0.2) is 8.78 Å². The van der Waals surface area contributed by atoms with Crippen molar-refractivity contribution in [3.8, 4) is 18.4 Å². The molecule has 9 rings (SSSR count). The third-order valence-corrected chi connectivity index (χ3v) is 13.3. The first-order chi connectivity index (χ1) is 25.0. The van der Waals surface area contributed by atoms with Crippen LogP contribution in [0.25, 0.3) is 10.9 Å². The number of alkyl halides is 3. The van der Waals surface area contributed by atoms with E-state index in [4.69, 9.17) is 16.1 Å². The number of piperazine rings is 1.